The van der Waals surface area contributed by atoms with E-state index in [0.717, 1.165) is 12.1 Å². The first kappa shape index (κ1) is 20.0. The maximum absolute atomic E-state index is 13.0. The zero-order valence-electron chi connectivity index (χ0n) is 14.1. The Morgan fingerprint density at radius 1 is 1.19 bits per heavy atom. The highest BCUT2D eigenvalue weighted by molar-refractivity contribution is 5.75. The van der Waals surface area contributed by atoms with Crippen LogP contribution < -0.4 is 10.6 Å². The Kier molecular flexibility index (Phi) is 6.47. The topological polar surface area (TPSA) is 87.7 Å². The SMILES string of the molecule is O=C(O)CCNC(=O)NCC1(c2cccc(C(F)(F)F)c2)CCOCC1. The Balaban J connectivity index is 2.11. The van der Waals surface area contributed by atoms with E-state index in [0.29, 0.717) is 31.6 Å². The van der Waals surface area contributed by atoms with Crippen molar-refractivity contribution >= 4 is 12.0 Å². The third-order valence-corrected chi connectivity index (χ3v) is 4.46. The molecule has 3 N–H and O–H groups in total. The molecule has 1 fully saturated rings. The number of rotatable bonds is 6. The van der Waals surface area contributed by atoms with Crippen LogP contribution in [0.25, 0.3) is 0 Å². The van der Waals surface area contributed by atoms with Crippen LogP contribution in [0.4, 0.5) is 18.0 Å². The van der Waals surface area contributed by atoms with Crippen molar-refractivity contribution in [1.29, 1.82) is 0 Å². The van der Waals surface area contributed by atoms with Gasteiger partial charge in [-0.25, -0.2) is 4.79 Å². The lowest BCUT2D eigenvalue weighted by Gasteiger charge is -2.38. The van der Waals surface area contributed by atoms with Crippen molar-refractivity contribution in [3.05, 3.63) is 35.4 Å². The minimum absolute atomic E-state index is 0.0269. The van der Waals surface area contributed by atoms with Gasteiger partial charge in [0.05, 0.1) is 12.0 Å². The molecule has 0 saturated carbocycles. The number of hydrogen-bond donors (Lipinski definition) is 3. The van der Waals surface area contributed by atoms with E-state index >= 15 is 0 Å². The minimum atomic E-state index is -4.44. The van der Waals surface area contributed by atoms with Gasteiger partial charge in [-0.1, -0.05) is 18.2 Å². The van der Waals surface area contributed by atoms with E-state index < -0.39 is 29.2 Å². The smallest absolute Gasteiger partial charge is 0.416 e. The average Bonchev–Trinajstić information content (AvgIpc) is 2.60. The standard InChI is InChI=1S/C17H21F3N2O4/c18-17(19,20)13-3-1-2-12(10-13)16(5-8-26-9-6-16)11-22-15(25)21-7-4-14(23)24/h1-3,10H,4-9,11H2,(H,23,24)(H2,21,22,25). The molecule has 1 heterocycles. The molecule has 0 bridgehead atoms. The van der Waals surface area contributed by atoms with Crippen molar-refractivity contribution in [3.8, 4) is 0 Å². The lowest BCUT2D eigenvalue weighted by Crippen LogP contribution is -2.47. The van der Waals surface area contributed by atoms with Crippen molar-refractivity contribution in [3.63, 3.8) is 0 Å². The Hall–Kier alpha value is -2.29. The van der Waals surface area contributed by atoms with E-state index in [4.69, 9.17) is 9.84 Å². The second kappa shape index (κ2) is 8.39. The Labute approximate surface area is 148 Å². The first-order valence-electron chi connectivity index (χ1n) is 8.22. The number of amides is 2. The maximum atomic E-state index is 13.0. The summed E-state index contributed by atoms with van der Waals surface area (Å²) in [6.07, 6.45) is -3.70. The van der Waals surface area contributed by atoms with Gasteiger partial charge in [0.15, 0.2) is 0 Å². The molecule has 144 valence electrons. The number of aliphatic carboxylic acids is 1. The highest BCUT2D eigenvalue weighted by atomic mass is 19.4. The summed E-state index contributed by atoms with van der Waals surface area (Å²) in [5, 5.41) is 13.6. The summed E-state index contributed by atoms with van der Waals surface area (Å²) < 4.78 is 44.4. The molecule has 2 amide bonds. The lowest BCUT2D eigenvalue weighted by molar-refractivity contribution is -0.138. The van der Waals surface area contributed by atoms with Gasteiger partial charge in [-0.2, -0.15) is 13.2 Å². The quantitative estimate of drug-likeness (QED) is 0.714. The van der Waals surface area contributed by atoms with Crippen LogP contribution in [0.2, 0.25) is 0 Å². The number of carboxylic acid groups (broad SMARTS) is 1. The van der Waals surface area contributed by atoms with Gasteiger partial charge in [0.2, 0.25) is 0 Å². The summed E-state index contributed by atoms with van der Waals surface area (Å²) in [6, 6.07) is 4.58. The lowest BCUT2D eigenvalue weighted by atomic mass is 9.73. The summed E-state index contributed by atoms with van der Waals surface area (Å²) in [4.78, 5) is 22.3. The van der Waals surface area contributed by atoms with Gasteiger partial charge in [-0.15, -0.1) is 0 Å². The van der Waals surface area contributed by atoms with Crippen LogP contribution in [0, 0.1) is 0 Å². The van der Waals surface area contributed by atoms with E-state index in [-0.39, 0.29) is 19.5 Å². The van der Waals surface area contributed by atoms with Crippen molar-refractivity contribution < 1.29 is 32.6 Å². The maximum Gasteiger partial charge on any atom is 0.416 e. The molecule has 2 rings (SSSR count). The van der Waals surface area contributed by atoms with E-state index in [1.165, 1.54) is 6.07 Å². The average molecular weight is 374 g/mol. The third-order valence-electron chi connectivity index (χ3n) is 4.46. The van der Waals surface area contributed by atoms with Crippen LogP contribution in [0.15, 0.2) is 24.3 Å². The molecule has 0 unspecified atom stereocenters. The molecule has 1 aromatic rings. The van der Waals surface area contributed by atoms with Crippen LogP contribution in [-0.4, -0.2) is 43.4 Å². The van der Waals surface area contributed by atoms with Gasteiger partial charge in [-0.3, -0.25) is 4.79 Å². The number of alkyl halides is 3. The summed E-state index contributed by atoms with van der Waals surface area (Å²) >= 11 is 0. The number of halogens is 3. The molecular weight excluding hydrogens is 353 g/mol. The van der Waals surface area contributed by atoms with Crippen LogP contribution in [0.5, 0.6) is 0 Å². The molecule has 0 atom stereocenters. The molecule has 26 heavy (non-hydrogen) atoms. The molecule has 0 aromatic heterocycles. The normalized spacial score (nSPS) is 16.7. The third kappa shape index (κ3) is 5.35. The van der Waals surface area contributed by atoms with Gasteiger partial charge in [-0.05, 0) is 24.5 Å². The van der Waals surface area contributed by atoms with Crippen LogP contribution in [0.3, 0.4) is 0 Å². The number of urea groups is 1. The molecule has 0 spiro atoms. The van der Waals surface area contributed by atoms with Gasteiger partial charge >= 0.3 is 18.2 Å². The minimum Gasteiger partial charge on any atom is -0.481 e. The molecule has 0 aliphatic carbocycles. The van der Waals surface area contributed by atoms with E-state index in [1.807, 2.05) is 0 Å². The summed E-state index contributed by atoms with van der Waals surface area (Å²) in [5.41, 5.74) is -0.892. The van der Waals surface area contributed by atoms with Crippen molar-refractivity contribution in [1.82, 2.24) is 10.6 Å². The largest absolute Gasteiger partial charge is 0.481 e. The zero-order valence-corrected chi connectivity index (χ0v) is 14.1. The van der Waals surface area contributed by atoms with Gasteiger partial charge < -0.3 is 20.5 Å². The Bertz CT molecular complexity index is 643. The second-order valence-corrected chi connectivity index (χ2v) is 6.22. The second-order valence-electron chi connectivity index (χ2n) is 6.22. The summed E-state index contributed by atoms with van der Waals surface area (Å²) in [5.74, 6) is -1.03. The monoisotopic (exact) mass is 374 g/mol. The van der Waals surface area contributed by atoms with Gasteiger partial charge in [0.1, 0.15) is 0 Å². The highest BCUT2D eigenvalue weighted by Crippen LogP contribution is 2.37. The molecule has 1 aliphatic rings. The number of nitrogens with one attached hydrogen (secondary N) is 2. The number of carbonyl (C=O) groups is 2. The van der Waals surface area contributed by atoms with Crippen LogP contribution >= 0.6 is 0 Å². The molecule has 9 heteroatoms. The van der Waals surface area contributed by atoms with Gasteiger partial charge in [0, 0.05) is 31.7 Å². The molecular formula is C17H21F3N2O4. The first-order chi connectivity index (χ1) is 12.2. The number of carbonyl (C=O) groups excluding carboxylic acids is 1. The summed E-state index contributed by atoms with van der Waals surface area (Å²) in [7, 11) is 0. The van der Waals surface area contributed by atoms with Crippen LogP contribution in [0.1, 0.15) is 30.4 Å². The fraction of sp³-hybridized carbons (Fsp3) is 0.529. The Morgan fingerprint density at radius 2 is 1.88 bits per heavy atom. The fourth-order valence-corrected chi connectivity index (χ4v) is 2.95. The zero-order chi connectivity index (χ0) is 19.2. The fourth-order valence-electron chi connectivity index (χ4n) is 2.95. The molecule has 1 saturated heterocycles. The van der Waals surface area contributed by atoms with Gasteiger partial charge in [0.25, 0.3) is 0 Å². The van der Waals surface area contributed by atoms with Crippen molar-refractivity contribution in [2.45, 2.75) is 30.9 Å². The predicted octanol–water partition coefficient (Wildman–Crippen LogP) is 2.53. The van der Waals surface area contributed by atoms with Crippen molar-refractivity contribution in [2.24, 2.45) is 0 Å². The van der Waals surface area contributed by atoms with E-state index in [1.54, 1.807) is 6.07 Å². The number of carboxylic acids is 1. The molecule has 1 aromatic carbocycles. The molecule has 0 radical (unpaired) electrons. The number of hydrogen-bond acceptors (Lipinski definition) is 3. The molecule has 1 aliphatic heterocycles. The summed E-state index contributed by atoms with van der Waals surface area (Å²) in [6.45, 7) is 0.883. The van der Waals surface area contributed by atoms with E-state index in [2.05, 4.69) is 10.6 Å². The Morgan fingerprint density at radius 3 is 2.50 bits per heavy atom. The number of benzene rings is 1. The van der Waals surface area contributed by atoms with Crippen molar-refractivity contribution in [2.75, 3.05) is 26.3 Å². The highest BCUT2D eigenvalue weighted by Gasteiger charge is 2.37. The molecule has 6 nitrogen and oxygen atoms in total. The first-order valence-corrected chi connectivity index (χ1v) is 8.22. The van der Waals surface area contributed by atoms with E-state index in [9.17, 15) is 22.8 Å². The number of ether oxygens (including phenoxy) is 1. The predicted molar refractivity (Wildman–Crippen MR) is 86.8 cm³/mol. The van der Waals surface area contributed by atoms with Crippen LogP contribution in [-0.2, 0) is 21.1 Å².